The SMILES string of the molecule is COc1cc2c(cc1OC)[C@@H]1CCN3C(=O)CC[C@H]3N1CC2. The van der Waals surface area contributed by atoms with E-state index in [4.69, 9.17) is 9.47 Å². The zero-order valence-corrected chi connectivity index (χ0v) is 13.2. The molecule has 1 aromatic carbocycles. The van der Waals surface area contributed by atoms with Gasteiger partial charge in [0, 0.05) is 25.6 Å². The Labute approximate surface area is 130 Å². The van der Waals surface area contributed by atoms with Crippen molar-refractivity contribution in [3.05, 3.63) is 23.3 Å². The third-order valence-corrected chi connectivity index (χ3v) is 5.37. The smallest absolute Gasteiger partial charge is 0.223 e. The fourth-order valence-electron chi connectivity index (χ4n) is 4.32. The van der Waals surface area contributed by atoms with E-state index in [1.165, 1.54) is 11.1 Å². The van der Waals surface area contributed by atoms with Crippen molar-refractivity contribution in [1.82, 2.24) is 9.80 Å². The molecule has 0 aliphatic carbocycles. The molecule has 0 saturated carbocycles. The van der Waals surface area contributed by atoms with Crippen molar-refractivity contribution in [3.63, 3.8) is 0 Å². The number of hydrogen-bond acceptors (Lipinski definition) is 4. The molecule has 0 N–H and O–H groups in total. The summed E-state index contributed by atoms with van der Waals surface area (Å²) in [7, 11) is 3.37. The van der Waals surface area contributed by atoms with Gasteiger partial charge in [0.15, 0.2) is 11.5 Å². The Hall–Kier alpha value is -1.75. The van der Waals surface area contributed by atoms with E-state index in [1.54, 1.807) is 14.2 Å². The zero-order chi connectivity index (χ0) is 15.3. The van der Waals surface area contributed by atoms with Gasteiger partial charge in [-0.25, -0.2) is 0 Å². The minimum Gasteiger partial charge on any atom is -0.493 e. The summed E-state index contributed by atoms with van der Waals surface area (Å²) >= 11 is 0. The Kier molecular flexibility index (Phi) is 3.26. The van der Waals surface area contributed by atoms with E-state index >= 15 is 0 Å². The number of carbonyl (C=O) groups excluding carboxylic acids is 1. The van der Waals surface area contributed by atoms with Crippen LogP contribution in [0.3, 0.4) is 0 Å². The molecule has 1 amide bonds. The zero-order valence-electron chi connectivity index (χ0n) is 13.2. The van der Waals surface area contributed by atoms with Gasteiger partial charge in [-0.3, -0.25) is 9.69 Å². The summed E-state index contributed by atoms with van der Waals surface area (Å²) in [6.45, 7) is 1.89. The topological polar surface area (TPSA) is 42.0 Å². The van der Waals surface area contributed by atoms with Crippen LogP contribution in [-0.2, 0) is 11.2 Å². The molecule has 5 nitrogen and oxygen atoms in total. The molecule has 2 atom stereocenters. The molecule has 3 aliphatic rings. The minimum atomic E-state index is 0.299. The highest BCUT2D eigenvalue weighted by Gasteiger charge is 2.44. The van der Waals surface area contributed by atoms with Gasteiger partial charge in [0.1, 0.15) is 0 Å². The van der Waals surface area contributed by atoms with Crippen LogP contribution in [0.1, 0.15) is 36.4 Å². The predicted molar refractivity (Wildman–Crippen MR) is 82.0 cm³/mol. The van der Waals surface area contributed by atoms with Crippen LogP contribution in [0.15, 0.2) is 12.1 Å². The lowest BCUT2D eigenvalue weighted by Crippen LogP contribution is -2.54. The van der Waals surface area contributed by atoms with Gasteiger partial charge in [-0.15, -0.1) is 0 Å². The molecule has 2 fully saturated rings. The van der Waals surface area contributed by atoms with Crippen molar-refractivity contribution >= 4 is 5.91 Å². The van der Waals surface area contributed by atoms with Crippen LogP contribution in [-0.4, -0.2) is 49.2 Å². The monoisotopic (exact) mass is 302 g/mol. The minimum absolute atomic E-state index is 0.299. The Bertz CT molecular complexity index is 616. The summed E-state index contributed by atoms with van der Waals surface area (Å²) < 4.78 is 10.9. The second-order valence-corrected chi connectivity index (χ2v) is 6.30. The molecule has 0 radical (unpaired) electrons. The quantitative estimate of drug-likeness (QED) is 0.837. The lowest BCUT2D eigenvalue weighted by atomic mass is 9.88. The van der Waals surface area contributed by atoms with Gasteiger partial charge in [-0.2, -0.15) is 0 Å². The van der Waals surface area contributed by atoms with Crippen molar-refractivity contribution in [3.8, 4) is 11.5 Å². The van der Waals surface area contributed by atoms with Crippen molar-refractivity contribution in [2.45, 2.75) is 37.9 Å². The summed E-state index contributed by atoms with van der Waals surface area (Å²) in [4.78, 5) is 16.6. The van der Waals surface area contributed by atoms with Crippen molar-refractivity contribution < 1.29 is 14.3 Å². The Morgan fingerprint density at radius 1 is 1.05 bits per heavy atom. The molecule has 0 unspecified atom stereocenters. The molecule has 3 heterocycles. The van der Waals surface area contributed by atoms with Gasteiger partial charge in [-0.1, -0.05) is 0 Å². The first-order chi connectivity index (χ1) is 10.7. The molecule has 0 aromatic heterocycles. The first-order valence-corrected chi connectivity index (χ1v) is 8.03. The highest BCUT2D eigenvalue weighted by atomic mass is 16.5. The van der Waals surface area contributed by atoms with Gasteiger partial charge in [0.25, 0.3) is 0 Å². The molecule has 0 spiro atoms. The lowest BCUT2D eigenvalue weighted by Gasteiger charge is -2.48. The molecule has 3 aliphatic heterocycles. The fourth-order valence-corrected chi connectivity index (χ4v) is 4.32. The van der Waals surface area contributed by atoms with E-state index in [-0.39, 0.29) is 0 Å². The second kappa shape index (κ2) is 5.16. The molecule has 118 valence electrons. The van der Waals surface area contributed by atoms with E-state index in [2.05, 4.69) is 21.9 Å². The van der Waals surface area contributed by atoms with Gasteiger partial charge >= 0.3 is 0 Å². The highest BCUT2D eigenvalue weighted by Crippen LogP contribution is 2.44. The fraction of sp³-hybridized carbons (Fsp3) is 0.588. The standard InChI is InChI=1S/C17H22N2O3/c1-21-14-9-11-5-7-18-13(12(11)10-15(14)22-2)6-8-19-16(18)3-4-17(19)20/h9-10,13,16H,3-8H2,1-2H3/t13-,16-/m0/s1. The summed E-state index contributed by atoms with van der Waals surface area (Å²) in [5.41, 5.74) is 2.71. The maximum absolute atomic E-state index is 12.0. The van der Waals surface area contributed by atoms with Crippen molar-refractivity contribution in [1.29, 1.82) is 0 Å². The van der Waals surface area contributed by atoms with Gasteiger partial charge in [0.2, 0.25) is 5.91 Å². The number of amides is 1. The second-order valence-electron chi connectivity index (χ2n) is 6.30. The van der Waals surface area contributed by atoms with E-state index in [1.807, 2.05) is 0 Å². The molecule has 1 aromatic rings. The summed E-state index contributed by atoms with van der Waals surface area (Å²) in [5, 5.41) is 0. The third kappa shape index (κ3) is 1.92. The van der Waals surface area contributed by atoms with Crippen molar-refractivity contribution in [2.24, 2.45) is 0 Å². The average molecular weight is 302 g/mol. The molecular weight excluding hydrogens is 280 g/mol. The molecule has 4 rings (SSSR count). The van der Waals surface area contributed by atoms with E-state index in [0.717, 1.165) is 43.9 Å². The number of methoxy groups -OCH3 is 2. The maximum atomic E-state index is 12.0. The predicted octanol–water partition coefficient (Wildman–Crippen LogP) is 1.96. The van der Waals surface area contributed by atoms with Crippen LogP contribution in [0, 0.1) is 0 Å². The van der Waals surface area contributed by atoms with Crippen molar-refractivity contribution in [2.75, 3.05) is 27.3 Å². The normalized spacial score (nSPS) is 27.2. The first-order valence-electron chi connectivity index (χ1n) is 8.03. The highest BCUT2D eigenvalue weighted by molar-refractivity contribution is 5.78. The number of nitrogens with zero attached hydrogens (tertiary/aromatic N) is 2. The van der Waals surface area contributed by atoms with Crippen LogP contribution < -0.4 is 9.47 Å². The Morgan fingerprint density at radius 2 is 1.82 bits per heavy atom. The van der Waals surface area contributed by atoms with Crippen LogP contribution in [0.4, 0.5) is 0 Å². The van der Waals surface area contributed by atoms with Crippen LogP contribution in [0.2, 0.25) is 0 Å². The molecule has 2 saturated heterocycles. The summed E-state index contributed by atoms with van der Waals surface area (Å²) in [5.74, 6) is 1.93. The number of carbonyl (C=O) groups is 1. The Balaban J connectivity index is 1.71. The van der Waals surface area contributed by atoms with Crippen LogP contribution >= 0.6 is 0 Å². The third-order valence-electron chi connectivity index (χ3n) is 5.37. The van der Waals surface area contributed by atoms with Crippen LogP contribution in [0.25, 0.3) is 0 Å². The summed E-state index contributed by atoms with van der Waals surface area (Å²) in [6.07, 6.45) is 3.98. The number of fused-ring (bicyclic) bond motifs is 5. The number of rotatable bonds is 2. The van der Waals surface area contributed by atoms with E-state index in [0.29, 0.717) is 24.5 Å². The largest absolute Gasteiger partial charge is 0.493 e. The molecule has 5 heteroatoms. The maximum Gasteiger partial charge on any atom is 0.223 e. The van der Waals surface area contributed by atoms with Crippen LogP contribution in [0.5, 0.6) is 11.5 Å². The number of benzene rings is 1. The number of ether oxygens (including phenoxy) is 2. The average Bonchev–Trinajstić information content (AvgIpc) is 2.94. The van der Waals surface area contributed by atoms with Gasteiger partial charge < -0.3 is 14.4 Å². The van der Waals surface area contributed by atoms with E-state index < -0.39 is 0 Å². The molecular formula is C17H22N2O3. The lowest BCUT2D eigenvalue weighted by molar-refractivity contribution is -0.135. The molecule has 22 heavy (non-hydrogen) atoms. The Morgan fingerprint density at radius 3 is 2.59 bits per heavy atom. The van der Waals surface area contributed by atoms with Gasteiger partial charge in [-0.05, 0) is 42.5 Å². The molecule has 0 bridgehead atoms. The first kappa shape index (κ1) is 13.9. The number of hydrogen-bond donors (Lipinski definition) is 0. The summed E-state index contributed by atoms with van der Waals surface area (Å²) in [6, 6.07) is 4.66. The van der Waals surface area contributed by atoms with Gasteiger partial charge in [0.05, 0.1) is 20.4 Å². The van der Waals surface area contributed by atoms with E-state index in [9.17, 15) is 4.79 Å².